The van der Waals surface area contributed by atoms with Crippen LogP contribution in [0.15, 0.2) is 46.1 Å². The van der Waals surface area contributed by atoms with Crippen LogP contribution in [-0.2, 0) is 16.9 Å². The fraction of sp³-hybridized carbons (Fsp3) is 0.476. The van der Waals surface area contributed by atoms with E-state index in [4.69, 9.17) is 9.47 Å². The first-order chi connectivity index (χ1) is 13.5. The summed E-state index contributed by atoms with van der Waals surface area (Å²) in [6.07, 6.45) is 0.863. The summed E-state index contributed by atoms with van der Waals surface area (Å²) in [5.74, 6) is 1.55. The quantitative estimate of drug-likeness (QED) is 0.178. The number of ether oxygens (including phenoxy) is 2. The van der Waals surface area contributed by atoms with Crippen LogP contribution in [0.5, 0.6) is 5.75 Å². The van der Waals surface area contributed by atoms with Crippen LogP contribution in [0.4, 0.5) is 0 Å². The normalized spacial score (nSPS) is 13.3. The number of rotatable bonds is 11. The summed E-state index contributed by atoms with van der Waals surface area (Å²) in [5.41, 5.74) is 1.05. The molecule has 0 amide bonds. The molecule has 0 saturated carbocycles. The maximum Gasteiger partial charge on any atom is 0.191 e. The average molecular weight is 533 g/mol. The number of hydrogen-bond acceptors (Lipinski definition) is 5. The smallest absolute Gasteiger partial charge is 0.191 e. The monoisotopic (exact) mass is 533 g/mol. The number of nitrogens with zero attached hydrogens (tertiary/aromatic N) is 1. The molecule has 2 rings (SSSR count). The molecular formula is C21H32IN3O3S. The van der Waals surface area contributed by atoms with Crippen LogP contribution in [-0.4, -0.2) is 44.4 Å². The zero-order valence-electron chi connectivity index (χ0n) is 17.3. The third kappa shape index (κ3) is 9.33. The minimum absolute atomic E-state index is 0. The summed E-state index contributed by atoms with van der Waals surface area (Å²) >= 11 is 1.57. The second kappa shape index (κ2) is 13.8. The van der Waals surface area contributed by atoms with Crippen LogP contribution >= 0.6 is 35.3 Å². The van der Waals surface area contributed by atoms with Gasteiger partial charge in [-0.05, 0) is 60.4 Å². The number of benzene rings is 1. The number of methoxy groups -OCH3 is 1. The topological polar surface area (TPSA) is 75.1 Å². The standard InChI is InChI=1S/C21H31N3O3S.HI/c1-4-22-20(24-16-21(2,25)18-10-13-28-15-18)23-11-5-12-27-14-17-6-8-19(26-3)9-7-17;/h6-10,13,15,25H,4-5,11-12,14,16H2,1-3H3,(H2,22,23,24);1H. The Morgan fingerprint density at radius 1 is 1.21 bits per heavy atom. The lowest BCUT2D eigenvalue weighted by Gasteiger charge is -2.21. The van der Waals surface area contributed by atoms with E-state index in [-0.39, 0.29) is 24.0 Å². The molecule has 0 fully saturated rings. The van der Waals surface area contributed by atoms with Crippen LogP contribution in [0.1, 0.15) is 31.4 Å². The van der Waals surface area contributed by atoms with Crippen molar-refractivity contribution in [2.24, 2.45) is 4.99 Å². The lowest BCUT2D eigenvalue weighted by Crippen LogP contribution is -2.39. The first-order valence-corrected chi connectivity index (χ1v) is 10.5. The van der Waals surface area contributed by atoms with E-state index < -0.39 is 5.60 Å². The highest BCUT2D eigenvalue weighted by Crippen LogP contribution is 2.23. The molecule has 0 radical (unpaired) electrons. The minimum atomic E-state index is -0.968. The second-order valence-corrected chi connectivity index (χ2v) is 7.44. The lowest BCUT2D eigenvalue weighted by atomic mass is 10.00. The van der Waals surface area contributed by atoms with Gasteiger partial charge in [-0.1, -0.05) is 12.1 Å². The molecule has 1 atom stereocenters. The molecule has 0 saturated heterocycles. The zero-order valence-corrected chi connectivity index (χ0v) is 20.5. The Kier molecular flexibility index (Phi) is 12.2. The predicted molar refractivity (Wildman–Crippen MR) is 131 cm³/mol. The lowest BCUT2D eigenvalue weighted by molar-refractivity contribution is 0.0677. The number of nitrogens with one attached hydrogen (secondary N) is 2. The number of guanidine groups is 1. The van der Waals surface area contributed by atoms with Crippen LogP contribution < -0.4 is 15.4 Å². The maximum absolute atomic E-state index is 10.6. The molecule has 1 aromatic carbocycles. The van der Waals surface area contributed by atoms with Crippen LogP contribution in [0, 0.1) is 0 Å². The van der Waals surface area contributed by atoms with Gasteiger partial charge in [-0.25, -0.2) is 4.99 Å². The van der Waals surface area contributed by atoms with Gasteiger partial charge >= 0.3 is 0 Å². The van der Waals surface area contributed by atoms with E-state index in [0.717, 1.165) is 36.4 Å². The molecule has 1 aromatic heterocycles. The summed E-state index contributed by atoms with van der Waals surface area (Å²) in [5, 5.41) is 21.0. The third-order valence-corrected chi connectivity index (χ3v) is 4.90. The van der Waals surface area contributed by atoms with E-state index in [0.29, 0.717) is 25.7 Å². The molecule has 6 nitrogen and oxygen atoms in total. The number of aliphatic imine (C=N–C) groups is 1. The molecule has 8 heteroatoms. The number of hydrogen-bond donors (Lipinski definition) is 3. The van der Waals surface area contributed by atoms with Gasteiger partial charge < -0.3 is 25.2 Å². The molecule has 29 heavy (non-hydrogen) atoms. The second-order valence-electron chi connectivity index (χ2n) is 6.66. The van der Waals surface area contributed by atoms with E-state index in [1.54, 1.807) is 25.4 Å². The van der Waals surface area contributed by atoms with Crippen molar-refractivity contribution in [2.45, 2.75) is 32.5 Å². The molecule has 0 aliphatic heterocycles. The third-order valence-electron chi connectivity index (χ3n) is 4.22. The Hall–Kier alpha value is -1.36. The average Bonchev–Trinajstić information content (AvgIpc) is 3.25. The van der Waals surface area contributed by atoms with Crippen LogP contribution in [0.2, 0.25) is 0 Å². The number of halogens is 1. The summed E-state index contributed by atoms with van der Waals surface area (Å²) < 4.78 is 10.9. The minimum Gasteiger partial charge on any atom is -0.497 e. The molecular weight excluding hydrogens is 501 g/mol. The van der Waals surface area contributed by atoms with Gasteiger partial charge in [0.15, 0.2) is 5.96 Å². The van der Waals surface area contributed by atoms with E-state index in [2.05, 4.69) is 15.6 Å². The van der Waals surface area contributed by atoms with Crippen LogP contribution in [0.25, 0.3) is 0 Å². The van der Waals surface area contributed by atoms with Gasteiger partial charge in [-0.2, -0.15) is 11.3 Å². The van der Waals surface area contributed by atoms with Crippen molar-refractivity contribution < 1.29 is 14.6 Å². The Morgan fingerprint density at radius 2 is 1.97 bits per heavy atom. The highest BCUT2D eigenvalue weighted by molar-refractivity contribution is 14.0. The molecule has 0 spiro atoms. The summed E-state index contributed by atoms with van der Waals surface area (Å²) in [4.78, 5) is 4.52. The molecule has 3 N–H and O–H groups in total. The van der Waals surface area contributed by atoms with E-state index in [1.165, 1.54) is 0 Å². The van der Waals surface area contributed by atoms with Crippen molar-refractivity contribution in [3.8, 4) is 5.75 Å². The van der Waals surface area contributed by atoms with Gasteiger partial charge in [-0.3, -0.25) is 0 Å². The molecule has 2 aromatic rings. The largest absolute Gasteiger partial charge is 0.497 e. The van der Waals surface area contributed by atoms with Gasteiger partial charge in [0.1, 0.15) is 11.4 Å². The first kappa shape index (κ1) is 25.7. The zero-order chi connectivity index (χ0) is 20.2. The Bertz CT molecular complexity index is 706. The van der Waals surface area contributed by atoms with Gasteiger partial charge in [0, 0.05) is 19.7 Å². The van der Waals surface area contributed by atoms with Crippen molar-refractivity contribution in [1.29, 1.82) is 0 Å². The van der Waals surface area contributed by atoms with E-state index in [1.807, 2.05) is 48.0 Å². The molecule has 162 valence electrons. The fourth-order valence-electron chi connectivity index (χ4n) is 2.53. The molecule has 0 aliphatic rings. The van der Waals surface area contributed by atoms with Crippen molar-refractivity contribution in [3.05, 3.63) is 52.2 Å². The summed E-state index contributed by atoms with van der Waals surface area (Å²) in [6.45, 7) is 6.86. The van der Waals surface area contributed by atoms with Crippen molar-refractivity contribution in [3.63, 3.8) is 0 Å². The van der Waals surface area contributed by atoms with Gasteiger partial charge in [0.2, 0.25) is 0 Å². The molecule has 1 heterocycles. The molecule has 0 aliphatic carbocycles. The highest BCUT2D eigenvalue weighted by Gasteiger charge is 2.23. The molecule has 0 bridgehead atoms. The first-order valence-electron chi connectivity index (χ1n) is 9.53. The maximum atomic E-state index is 10.6. The number of thiophene rings is 1. The fourth-order valence-corrected chi connectivity index (χ4v) is 3.31. The summed E-state index contributed by atoms with van der Waals surface area (Å²) in [6, 6.07) is 9.81. The number of aliphatic hydroxyl groups is 1. The van der Waals surface area contributed by atoms with Crippen LogP contribution in [0.3, 0.4) is 0 Å². The Labute approximate surface area is 194 Å². The van der Waals surface area contributed by atoms with Crippen molar-refractivity contribution >= 4 is 41.3 Å². The van der Waals surface area contributed by atoms with Gasteiger partial charge in [-0.15, -0.1) is 24.0 Å². The van der Waals surface area contributed by atoms with Crippen molar-refractivity contribution in [1.82, 2.24) is 10.6 Å². The van der Waals surface area contributed by atoms with Gasteiger partial charge in [0.05, 0.1) is 20.3 Å². The van der Waals surface area contributed by atoms with Crippen molar-refractivity contribution in [2.75, 3.05) is 33.4 Å². The Morgan fingerprint density at radius 3 is 2.59 bits per heavy atom. The highest BCUT2D eigenvalue weighted by atomic mass is 127. The van der Waals surface area contributed by atoms with Gasteiger partial charge in [0.25, 0.3) is 0 Å². The van der Waals surface area contributed by atoms with E-state index >= 15 is 0 Å². The molecule has 1 unspecified atom stereocenters. The SMILES string of the molecule is CCNC(=NCC(C)(O)c1ccsc1)NCCCOCc1ccc(OC)cc1.I. The Balaban J connectivity index is 0.00000420. The van der Waals surface area contributed by atoms with E-state index in [9.17, 15) is 5.11 Å². The predicted octanol–water partition coefficient (Wildman–Crippen LogP) is 3.74. The summed E-state index contributed by atoms with van der Waals surface area (Å²) in [7, 11) is 1.66.